The van der Waals surface area contributed by atoms with Crippen molar-refractivity contribution in [1.82, 2.24) is 20.1 Å². The minimum atomic E-state index is -0.0978. The summed E-state index contributed by atoms with van der Waals surface area (Å²) in [6.45, 7) is 4.24. The number of nitrogen functional groups attached to an aromatic ring is 1. The van der Waals surface area contributed by atoms with Gasteiger partial charge in [0.05, 0.1) is 35.0 Å². The van der Waals surface area contributed by atoms with Gasteiger partial charge in [-0.25, -0.2) is 9.97 Å². The first-order valence-electron chi connectivity index (χ1n) is 9.82. The van der Waals surface area contributed by atoms with Crippen molar-refractivity contribution in [2.75, 3.05) is 11.1 Å². The van der Waals surface area contributed by atoms with Crippen molar-refractivity contribution in [3.8, 4) is 11.3 Å². The molecule has 0 saturated carbocycles. The number of aryl methyl sites for hydroxylation is 2. The van der Waals surface area contributed by atoms with Crippen molar-refractivity contribution in [2.24, 2.45) is 0 Å². The number of carbonyl (C=O) groups excluding carboxylic acids is 1. The van der Waals surface area contributed by atoms with Crippen LogP contribution in [0, 0.1) is 13.8 Å². The van der Waals surface area contributed by atoms with Gasteiger partial charge in [-0.3, -0.25) is 9.78 Å². The fourth-order valence-electron chi connectivity index (χ4n) is 3.34. The first-order chi connectivity index (χ1) is 15.0. The van der Waals surface area contributed by atoms with Crippen molar-refractivity contribution in [3.63, 3.8) is 0 Å². The summed E-state index contributed by atoms with van der Waals surface area (Å²) >= 11 is 0. The molecule has 0 spiro atoms. The summed E-state index contributed by atoms with van der Waals surface area (Å²) in [6, 6.07) is 11.5. The second kappa shape index (κ2) is 8.74. The third-order valence-corrected chi connectivity index (χ3v) is 4.90. The maximum atomic E-state index is 12.7. The molecule has 4 aromatic rings. The highest BCUT2D eigenvalue weighted by atomic mass is 16.5. The maximum Gasteiger partial charge on any atom is 0.187 e. The Balaban J connectivity index is 1.43. The largest absolute Gasteiger partial charge is 0.382 e. The lowest BCUT2D eigenvalue weighted by atomic mass is 10.0. The molecule has 0 aliphatic rings. The molecule has 0 aliphatic heterocycles. The number of benzene rings is 1. The summed E-state index contributed by atoms with van der Waals surface area (Å²) in [6.07, 6.45) is 4.97. The molecule has 0 atom stereocenters. The summed E-state index contributed by atoms with van der Waals surface area (Å²) in [4.78, 5) is 25.5. The van der Waals surface area contributed by atoms with Gasteiger partial charge in [-0.05, 0) is 37.1 Å². The number of hydrogen-bond acceptors (Lipinski definition) is 8. The molecule has 4 rings (SSSR count). The van der Waals surface area contributed by atoms with E-state index in [-0.39, 0.29) is 12.2 Å². The fourth-order valence-corrected chi connectivity index (χ4v) is 3.34. The van der Waals surface area contributed by atoms with Crippen LogP contribution in [0.5, 0.6) is 0 Å². The Hall–Kier alpha value is -4.07. The highest BCUT2D eigenvalue weighted by molar-refractivity contribution is 5.95. The van der Waals surface area contributed by atoms with Crippen LogP contribution >= 0.6 is 0 Å². The summed E-state index contributed by atoms with van der Waals surface area (Å²) in [5.74, 6) is 1.02. The Morgan fingerprint density at radius 1 is 1.06 bits per heavy atom. The molecule has 0 bridgehead atoms. The summed E-state index contributed by atoms with van der Waals surface area (Å²) in [5, 5.41) is 7.19. The van der Waals surface area contributed by atoms with E-state index in [4.69, 9.17) is 10.3 Å². The normalized spacial score (nSPS) is 10.8. The quantitative estimate of drug-likeness (QED) is 0.439. The van der Waals surface area contributed by atoms with E-state index in [9.17, 15) is 4.79 Å². The zero-order chi connectivity index (χ0) is 21.8. The van der Waals surface area contributed by atoms with E-state index >= 15 is 0 Å². The standard InChI is InChI=1S/C23H22N6O2/c1-14-22(15(2)31-29-14)20-13-27-19(12-28-20)21(30)10-16-5-3-6-17(9-16)11-26-18-7-4-8-25-23(18)24/h3-9,12-13,26H,10-11H2,1-2H3,(H2,24,25). The molecule has 0 aliphatic carbocycles. The number of pyridine rings is 1. The van der Waals surface area contributed by atoms with Gasteiger partial charge in [-0.2, -0.15) is 0 Å². The van der Waals surface area contributed by atoms with Crippen LogP contribution in [-0.2, 0) is 13.0 Å². The zero-order valence-electron chi connectivity index (χ0n) is 17.3. The van der Waals surface area contributed by atoms with Crippen molar-refractivity contribution >= 4 is 17.3 Å². The number of nitrogens with two attached hydrogens (primary N) is 1. The van der Waals surface area contributed by atoms with Gasteiger partial charge < -0.3 is 15.6 Å². The fraction of sp³-hybridized carbons (Fsp3) is 0.174. The Kier molecular flexibility index (Phi) is 5.70. The Labute approximate surface area is 179 Å². The van der Waals surface area contributed by atoms with Crippen molar-refractivity contribution < 1.29 is 9.32 Å². The van der Waals surface area contributed by atoms with Crippen LogP contribution < -0.4 is 11.1 Å². The zero-order valence-corrected chi connectivity index (χ0v) is 17.3. The van der Waals surface area contributed by atoms with Gasteiger partial charge in [-0.15, -0.1) is 0 Å². The first kappa shape index (κ1) is 20.2. The number of aromatic nitrogens is 4. The molecule has 3 heterocycles. The van der Waals surface area contributed by atoms with E-state index in [2.05, 4.69) is 25.4 Å². The van der Waals surface area contributed by atoms with Crippen LogP contribution in [0.4, 0.5) is 11.5 Å². The SMILES string of the molecule is Cc1noc(C)c1-c1cnc(C(=O)Cc2cccc(CNc3cccnc3N)c2)cn1. The van der Waals surface area contributed by atoms with Gasteiger partial charge in [0.2, 0.25) is 0 Å². The molecular weight excluding hydrogens is 392 g/mol. The minimum absolute atomic E-state index is 0.0978. The lowest BCUT2D eigenvalue weighted by Gasteiger charge is -2.09. The third-order valence-electron chi connectivity index (χ3n) is 4.90. The molecular formula is C23H22N6O2. The molecule has 0 saturated heterocycles. The van der Waals surface area contributed by atoms with Gasteiger partial charge in [0.25, 0.3) is 0 Å². The van der Waals surface area contributed by atoms with Gasteiger partial charge in [-0.1, -0.05) is 29.4 Å². The van der Waals surface area contributed by atoms with Crippen LogP contribution in [-0.4, -0.2) is 25.9 Å². The van der Waals surface area contributed by atoms with E-state index in [0.717, 1.165) is 28.1 Å². The lowest BCUT2D eigenvalue weighted by molar-refractivity contribution is 0.0988. The molecule has 3 N–H and O–H groups in total. The number of hydrogen-bond donors (Lipinski definition) is 2. The summed E-state index contributed by atoms with van der Waals surface area (Å²) in [5.41, 5.74) is 11.1. The molecule has 0 amide bonds. The smallest absolute Gasteiger partial charge is 0.187 e. The monoisotopic (exact) mass is 414 g/mol. The average Bonchev–Trinajstić information content (AvgIpc) is 3.11. The predicted molar refractivity (Wildman–Crippen MR) is 117 cm³/mol. The molecule has 3 aromatic heterocycles. The number of rotatable bonds is 7. The molecule has 1 aromatic carbocycles. The molecule has 8 nitrogen and oxygen atoms in total. The van der Waals surface area contributed by atoms with Crippen molar-refractivity contribution in [3.05, 3.63) is 83.3 Å². The van der Waals surface area contributed by atoms with Crippen LogP contribution in [0.15, 0.2) is 59.5 Å². The number of anilines is 2. The van der Waals surface area contributed by atoms with E-state index < -0.39 is 0 Å². The predicted octanol–water partition coefficient (Wildman–Crippen LogP) is 3.76. The highest BCUT2D eigenvalue weighted by Crippen LogP contribution is 2.24. The van der Waals surface area contributed by atoms with Crippen LogP contribution in [0.3, 0.4) is 0 Å². The number of ketones is 1. The van der Waals surface area contributed by atoms with E-state index in [1.807, 2.05) is 50.2 Å². The van der Waals surface area contributed by atoms with Crippen LogP contribution in [0.25, 0.3) is 11.3 Å². The van der Waals surface area contributed by atoms with Gasteiger partial charge in [0, 0.05) is 19.2 Å². The summed E-state index contributed by atoms with van der Waals surface area (Å²) in [7, 11) is 0. The Bertz CT molecular complexity index is 1200. The summed E-state index contributed by atoms with van der Waals surface area (Å²) < 4.78 is 5.17. The Morgan fingerprint density at radius 3 is 2.61 bits per heavy atom. The minimum Gasteiger partial charge on any atom is -0.382 e. The molecule has 0 fully saturated rings. The maximum absolute atomic E-state index is 12.7. The number of carbonyl (C=O) groups is 1. The Morgan fingerprint density at radius 2 is 1.90 bits per heavy atom. The number of nitrogens with zero attached hydrogens (tertiary/aromatic N) is 4. The van der Waals surface area contributed by atoms with Crippen molar-refractivity contribution in [2.45, 2.75) is 26.8 Å². The van der Waals surface area contributed by atoms with E-state index in [0.29, 0.717) is 29.5 Å². The topological polar surface area (TPSA) is 120 Å². The van der Waals surface area contributed by atoms with Crippen LogP contribution in [0.1, 0.15) is 33.1 Å². The van der Waals surface area contributed by atoms with Gasteiger partial charge >= 0.3 is 0 Å². The van der Waals surface area contributed by atoms with Crippen molar-refractivity contribution in [1.29, 1.82) is 0 Å². The molecule has 0 radical (unpaired) electrons. The van der Waals surface area contributed by atoms with Gasteiger partial charge in [0.15, 0.2) is 5.78 Å². The second-order valence-electron chi connectivity index (χ2n) is 7.20. The third kappa shape index (κ3) is 4.58. The highest BCUT2D eigenvalue weighted by Gasteiger charge is 2.15. The molecule has 0 unspecified atom stereocenters. The van der Waals surface area contributed by atoms with E-state index in [1.165, 1.54) is 6.20 Å². The molecule has 31 heavy (non-hydrogen) atoms. The second-order valence-corrected chi connectivity index (χ2v) is 7.20. The molecule has 8 heteroatoms. The average molecular weight is 414 g/mol. The lowest BCUT2D eigenvalue weighted by Crippen LogP contribution is -2.08. The number of nitrogens with one attached hydrogen (secondary N) is 1. The number of Topliss-reactive ketones (excluding diaryl/α,β-unsaturated/α-hetero) is 1. The molecule has 156 valence electrons. The van der Waals surface area contributed by atoms with Crippen LogP contribution in [0.2, 0.25) is 0 Å². The van der Waals surface area contributed by atoms with Gasteiger partial charge in [0.1, 0.15) is 17.3 Å². The first-order valence-corrected chi connectivity index (χ1v) is 9.82. The van der Waals surface area contributed by atoms with E-state index in [1.54, 1.807) is 12.4 Å².